The number of nitrogens with zero attached hydrogens (tertiary/aromatic N) is 4. The molecule has 232 valence electrons. The van der Waals surface area contributed by atoms with E-state index in [9.17, 15) is 8.42 Å². The van der Waals surface area contributed by atoms with Crippen LogP contribution in [0.4, 0.5) is 0 Å². The van der Waals surface area contributed by atoms with Gasteiger partial charge in [-0.1, -0.05) is 49.8 Å². The Kier molecular flexibility index (Phi) is 7.31. The Labute approximate surface area is 259 Å². The summed E-state index contributed by atoms with van der Waals surface area (Å²) in [6.07, 6.45) is 7.89. The summed E-state index contributed by atoms with van der Waals surface area (Å²) in [6.45, 7) is 8.75. The van der Waals surface area contributed by atoms with E-state index in [1.807, 2.05) is 37.3 Å². The number of sulfonamides is 1. The number of aromatic nitrogens is 2. The lowest BCUT2D eigenvalue weighted by atomic mass is 9.62. The summed E-state index contributed by atoms with van der Waals surface area (Å²) in [5.74, 6) is 0.656. The molecule has 3 aliphatic heterocycles. The molecule has 3 aromatic rings. The van der Waals surface area contributed by atoms with Crippen LogP contribution in [0, 0.1) is 24.7 Å². The number of methoxy groups -OCH3 is 1. The Hall–Kier alpha value is -3.31. The Morgan fingerprint density at radius 3 is 2.45 bits per heavy atom. The van der Waals surface area contributed by atoms with Gasteiger partial charge in [0, 0.05) is 50.4 Å². The average molecular weight is 617 g/mol. The van der Waals surface area contributed by atoms with Crippen molar-refractivity contribution in [2.45, 2.75) is 55.4 Å². The van der Waals surface area contributed by atoms with Crippen molar-refractivity contribution in [3.05, 3.63) is 90.3 Å². The number of ether oxygens (including phenoxy) is 3. The van der Waals surface area contributed by atoms with Gasteiger partial charge in [0.25, 0.3) is 0 Å². The fourth-order valence-electron chi connectivity index (χ4n) is 8.23. The van der Waals surface area contributed by atoms with E-state index in [1.54, 1.807) is 42.0 Å². The molecule has 2 bridgehead atoms. The molecule has 0 radical (unpaired) electrons. The number of morpholine rings is 1. The topological polar surface area (TPSA) is 94.1 Å². The van der Waals surface area contributed by atoms with Gasteiger partial charge < -0.3 is 14.2 Å². The second kappa shape index (κ2) is 10.9. The summed E-state index contributed by atoms with van der Waals surface area (Å²) < 4.78 is 49.6. The molecule has 1 spiro atoms. The molecule has 10 heteroatoms. The first-order valence-electron chi connectivity index (χ1n) is 15.4. The van der Waals surface area contributed by atoms with Gasteiger partial charge in [-0.2, -0.15) is 4.31 Å². The summed E-state index contributed by atoms with van der Waals surface area (Å²) in [7, 11) is -2.17. The van der Waals surface area contributed by atoms with Crippen molar-refractivity contribution in [1.82, 2.24) is 19.2 Å². The van der Waals surface area contributed by atoms with Crippen molar-refractivity contribution in [2.75, 3.05) is 33.3 Å². The lowest BCUT2D eigenvalue weighted by Gasteiger charge is -2.48. The standard InChI is InChI=1S/C34H40N4O5S/c1-23(2)34-16-14-28(42-32-35-17-5-18-36-32)30-29-20-37(19-15-25-8-10-26(41-4)11-9-25)21-33(43-29,31(30)34)22-38(34)44(39,40)27-12-6-24(3)7-13-27/h5-14,16-18,23,28-31H,15,19-22H2,1-4H3/t28-,29+,30+,31+,33+,34-/m0/s1. The van der Waals surface area contributed by atoms with Gasteiger partial charge in [0.15, 0.2) is 0 Å². The maximum Gasteiger partial charge on any atom is 0.316 e. The van der Waals surface area contributed by atoms with E-state index in [1.165, 1.54) is 5.56 Å². The van der Waals surface area contributed by atoms with Crippen LogP contribution in [0.5, 0.6) is 11.8 Å². The van der Waals surface area contributed by atoms with Crippen LogP contribution in [-0.2, 0) is 21.2 Å². The highest BCUT2D eigenvalue weighted by molar-refractivity contribution is 7.89. The molecule has 7 rings (SSSR count). The van der Waals surface area contributed by atoms with E-state index in [0.717, 1.165) is 30.8 Å². The smallest absolute Gasteiger partial charge is 0.316 e. The second-order valence-electron chi connectivity index (χ2n) is 12.9. The van der Waals surface area contributed by atoms with Gasteiger partial charge in [-0.05, 0) is 61.2 Å². The number of fused-ring (bicyclic) bond motifs is 2. The van der Waals surface area contributed by atoms with E-state index in [0.29, 0.717) is 17.5 Å². The zero-order valence-electron chi connectivity index (χ0n) is 25.7. The fourth-order valence-corrected chi connectivity index (χ4v) is 10.2. The van der Waals surface area contributed by atoms with Crippen LogP contribution in [0.15, 0.2) is 84.0 Å². The second-order valence-corrected chi connectivity index (χ2v) is 14.8. The maximum atomic E-state index is 14.5. The number of benzene rings is 2. The van der Waals surface area contributed by atoms with Crippen molar-refractivity contribution in [3.63, 3.8) is 0 Å². The molecule has 6 atom stereocenters. The summed E-state index contributed by atoms with van der Waals surface area (Å²) in [4.78, 5) is 11.4. The van der Waals surface area contributed by atoms with Crippen LogP contribution in [-0.4, -0.2) is 84.2 Å². The normalized spacial score (nSPS) is 31.3. The van der Waals surface area contributed by atoms with Gasteiger partial charge in [-0.25, -0.2) is 18.4 Å². The first-order valence-corrected chi connectivity index (χ1v) is 16.9. The van der Waals surface area contributed by atoms with Crippen molar-refractivity contribution in [2.24, 2.45) is 17.8 Å². The molecular formula is C34H40N4O5S. The summed E-state index contributed by atoms with van der Waals surface area (Å²) in [5, 5.41) is 0. The van der Waals surface area contributed by atoms with E-state index in [2.05, 4.69) is 46.9 Å². The highest BCUT2D eigenvalue weighted by Gasteiger charge is 2.75. The molecule has 4 heterocycles. The quantitative estimate of drug-likeness (QED) is 0.332. The molecule has 4 aliphatic rings. The minimum absolute atomic E-state index is 0.00419. The maximum absolute atomic E-state index is 14.5. The molecule has 0 amide bonds. The minimum Gasteiger partial charge on any atom is -0.497 e. The summed E-state index contributed by atoms with van der Waals surface area (Å²) >= 11 is 0. The van der Waals surface area contributed by atoms with Crippen LogP contribution in [0.2, 0.25) is 0 Å². The monoisotopic (exact) mass is 616 g/mol. The molecule has 9 nitrogen and oxygen atoms in total. The van der Waals surface area contributed by atoms with Crippen LogP contribution >= 0.6 is 0 Å². The Morgan fingerprint density at radius 2 is 1.77 bits per heavy atom. The van der Waals surface area contributed by atoms with E-state index >= 15 is 0 Å². The Morgan fingerprint density at radius 1 is 1.05 bits per heavy atom. The number of rotatable bonds is 9. The number of hydrogen-bond donors (Lipinski definition) is 0. The van der Waals surface area contributed by atoms with Gasteiger partial charge in [-0.3, -0.25) is 4.90 Å². The number of hydrogen-bond acceptors (Lipinski definition) is 8. The van der Waals surface area contributed by atoms with Gasteiger partial charge in [-0.15, -0.1) is 0 Å². The first kappa shape index (κ1) is 29.4. The molecule has 1 aliphatic carbocycles. The number of likely N-dealkylation sites (tertiary alicyclic amines) is 1. The molecule has 2 aromatic carbocycles. The van der Waals surface area contributed by atoms with E-state index in [4.69, 9.17) is 14.2 Å². The van der Waals surface area contributed by atoms with Gasteiger partial charge >= 0.3 is 6.01 Å². The average Bonchev–Trinajstić information content (AvgIpc) is 3.45. The Balaban J connectivity index is 1.28. The molecule has 3 fully saturated rings. The Bertz CT molecular complexity index is 1630. The predicted molar refractivity (Wildman–Crippen MR) is 166 cm³/mol. The van der Waals surface area contributed by atoms with Gasteiger partial charge in [0.05, 0.1) is 23.6 Å². The minimum atomic E-state index is -3.84. The third kappa shape index (κ3) is 4.65. The highest BCUT2D eigenvalue weighted by atomic mass is 32.2. The number of aryl methyl sites for hydroxylation is 1. The molecule has 0 N–H and O–H groups in total. The largest absolute Gasteiger partial charge is 0.497 e. The van der Waals surface area contributed by atoms with Crippen LogP contribution in [0.3, 0.4) is 0 Å². The molecule has 3 saturated heterocycles. The zero-order valence-corrected chi connectivity index (χ0v) is 26.5. The molecule has 0 unspecified atom stereocenters. The molecule has 1 aromatic heterocycles. The SMILES string of the molecule is COc1ccc(CCN2C[C@H]3O[C@]4(C2)CN(S(=O)(=O)c2ccc(C)cc2)[C@]2(C(C)C)C=C[C@H](Oc5ncccn5)[C@H]3[C@H]42)cc1. The molecule has 44 heavy (non-hydrogen) atoms. The third-order valence-corrected chi connectivity index (χ3v) is 12.1. The van der Waals surface area contributed by atoms with E-state index < -0.39 is 21.2 Å². The third-order valence-electron chi connectivity index (χ3n) is 10.2. The lowest BCUT2D eigenvalue weighted by molar-refractivity contribution is -0.115. The van der Waals surface area contributed by atoms with Gasteiger partial charge in [0.2, 0.25) is 10.0 Å². The van der Waals surface area contributed by atoms with Crippen molar-refractivity contribution < 1.29 is 22.6 Å². The predicted octanol–water partition coefficient (Wildman–Crippen LogP) is 4.14. The van der Waals surface area contributed by atoms with Crippen LogP contribution in [0.25, 0.3) is 0 Å². The van der Waals surface area contributed by atoms with Crippen molar-refractivity contribution in [1.29, 1.82) is 0 Å². The van der Waals surface area contributed by atoms with Crippen LogP contribution < -0.4 is 9.47 Å². The lowest BCUT2D eigenvalue weighted by Crippen LogP contribution is -2.59. The van der Waals surface area contributed by atoms with Gasteiger partial charge in [0.1, 0.15) is 17.5 Å². The molecular weight excluding hydrogens is 576 g/mol. The first-order chi connectivity index (χ1) is 21.2. The summed E-state index contributed by atoms with van der Waals surface area (Å²) in [6, 6.07) is 17.4. The van der Waals surface area contributed by atoms with Crippen molar-refractivity contribution >= 4 is 10.0 Å². The molecule has 0 saturated carbocycles. The fraction of sp³-hybridized carbons (Fsp3) is 0.471. The highest BCUT2D eigenvalue weighted by Crippen LogP contribution is 2.63. The zero-order chi connectivity index (χ0) is 30.7. The summed E-state index contributed by atoms with van der Waals surface area (Å²) in [5.41, 5.74) is 0.799. The van der Waals surface area contributed by atoms with Crippen LogP contribution in [0.1, 0.15) is 25.0 Å². The van der Waals surface area contributed by atoms with E-state index in [-0.39, 0.29) is 36.5 Å². The van der Waals surface area contributed by atoms with Crippen molar-refractivity contribution in [3.8, 4) is 11.8 Å².